The Morgan fingerprint density at radius 2 is 2.00 bits per heavy atom. The maximum atomic E-state index is 11.2. The Kier molecular flexibility index (Phi) is 5.79. The molecule has 5 nitrogen and oxygen atoms in total. The summed E-state index contributed by atoms with van der Waals surface area (Å²) in [7, 11) is -2.93. The van der Waals surface area contributed by atoms with Crippen LogP contribution in [-0.2, 0) is 9.84 Å². The number of hydrogen-bond acceptors (Lipinski definition) is 5. The number of aromatic amines is 1. The summed E-state index contributed by atoms with van der Waals surface area (Å²) in [6.45, 7) is 1.91. The number of sulfone groups is 1. The lowest BCUT2D eigenvalue weighted by Gasteiger charge is -2.07. The SMILES string of the molecule is CC(CSc1n[nH]c(/C=C/c2ccccc2)n1)CS(C)(=O)=O. The van der Waals surface area contributed by atoms with Crippen LogP contribution in [0.25, 0.3) is 12.2 Å². The van der Waals surface area contributed by atoms with Gasteiger partial charge in [-0.3, -0.25) is 5.10 Å². The number of aromatic nitrogens is 3. The van der Waals surface area contributed by atoms with E-state index in [-0.39, 0.29) is 11.7 Å². The van der Waals surface area contributed by atoms with E-state index in [2.05, 4.69) is 15.2 Å². The number of H-pyrrole nitrogens is 1. The van der Waals surface area contributed by atoms with Gasteiger partial charge in [-0.25, -0.2) is 13.4 Å². The van der Waals surface area contributed by atoms with Crippen molar-refractivity contribution in [2.24, 2.45) is 5.92 Å². The first-order chi connectivity index (χ1) is 10.4. The van der Waals surface area contributed by atoms with Crippen LogP contribution < -0.4 is 0 Å². The second-order valence-corrected chi connectivity index (χ2v) is 8.43. The molecule has 7 heteroatoms. The van der Waals surface area contributed by atoms with Crippen LogP contribution in [0, 0.1) is 5.92 Å². The monoisotopic (exact) mass is 337 g/mol. The fraction of sp³-hybridized carbons (Fsp3) is 0.333. The van der Waals surface area contributed by atoms with Crippen molar-refractivity contribution in [3.05, 3.63) is 41.7 Å². The van der Waals surface area contributed by atoms with Crippen LogP contribution in [0.1, 0.15) is 18.3 Å². The Morgan fingerprint density at radius 1 is 1.27 bits per heavy atom. The summed E-state index contributed by atoms with van der Waals surface area (Å²) in [5, 5.41) is 7.62. The molecule has 1 aromatic heterocycles. The molecule has 0 radical (unpaired) electrons. The molecule has 1 unspecified atom stereocenters. The number of nitrogens with one attached hydrogen (secondary N) is 1. The summed E-state index contributed by atoms with van der Waals surface area (Å²) in [6.07, 6.45) is 5.08. The molecule has 2 aromatic rings. The minimum atomic E-state index is -2.93. The van der Waals surface area contributed by atoms with Crippen LogP contribution in [0.15, 0.2) is 35.5 Å². The first-order valence-corrected chi connectivity index (χ1v) is 9.93. The van der Waals surface area contributed by atoms with Gasteiger partial charge < -0.3 is 0 Å². The zero-order valence-corrected chi connectivity index (χ0v) is 14.2. The molecule has 0 fully saturated rings. The smallest absolute Gasteiger partial charge is 0.208 e. The topological polar surface area (TPSA) is 75.7 Å². The highest BCUT2D eigenvalue weighted by Crippen LogP contribution is 2.18. The van der Waals surface area contributed by atoms with Gasteiger partial charge in [-0.15, -0.1) is 5.10 Å². The predicted molar refractivity (Wildman–Crippen MR) is 91.4 cm³/mol. The van der Waals surface area contributed by atoms with Gasteiger partial charge in [0.25, 0.3) is 0 Å². The second-order valence-electron chi connectivity index (χ2n) is 5.26. The number of nitrogens with zero attached hydrogens (tertiary/aromatic N) is 2. The van der Waals surface area contributed by atoms with Gasteiger partial charge in [0.15, 0.2) is 0 Å². The zero-order valence-electron chi connectivity index (χ0n) is 12.6. The summed E-state index contributed by atoms with van der Waals surface area (Å²) >= 11 is 1.46. The Balaban J connectivity index is 1.88. The van der Waals surface area contributed by atoms with Crippen molar-refractivity contribution >= 4 is 33.8 Å². The van der Waals surface area contributed by atoms with E-state index in [1.54, 1.807) is 0 Å². The number of rotatable bonds is 7. The van der Waals surface area contributed by atoms with Crippen molar-refractivity contribution in [1.29, 1.82) is 0 Å². The highest BCUT2D eigenvalue weighted by Gasteiger charge is 2.12. The lowest BCUT2D eigenvalue weighted by atomic mass is 10.2. The van der Waals surface area contributed by atoms with E-state index in [4.69, 9.17) is 0 Å². The molecule has 0 aliphatic rings. The Hall–Kier alpha value is -1.60. The van der Waals surface area contributed by atoms with Crippen LogP contribution in [0.3, 0.4) is 0 Å². The van der Waals surface area contributed by atoms with Crippen LogP contribution in [0.5, 0.6) is 0 Å². The third kappa shape index (κ3) is 6.03. The van der Waals surface area contributed by atoms with Crippen LogP contribution in [-0.4, -0.2) is 41.4 Å². The van der Waals surface area contributed by atoms with E-state index in [9.17, 15) is 8.42 Å². The molecule has 0 amide bonds. The molecule has 0 spiro atoms. The van der Waals surface area contributed by atoms with E-state index < -0.39 is 9.84 Å². The van der Waals surface area contributed by atoms with Gasteiger partial charge in [0.2, 0.25) is 5.16 Å². The molecular weight excluding hydrogens is 318 g/mol. The van der Waals surface area contributed by atoms with Crippen LogP contribution in [0.2, 0.25) is 0 Å². The minimum absolute atomic E-state index is 0.0711. The van der Waals surface area contributed by atoms with E-state index in [0.717, 1.165) is 5.56 Å². The molecule has 0 saturated heterocycles. The molecule has 0 saturated carbocycles. The normalized spacial score (nSPS) is 13.5. The Bertz CT molecular complexity index is 724. The van der Waals surface area contributed by atoms with Gasteiger partial charge in [-0.05, 0) is 17.6 Å². The summed E-state index contributed by atoms with van der Waals surface area (Å²) in [5.41, 5.74) is 1.09. The number of benzene rings is 1. The second kappa shape index (κ2) is 7.60. The van der Waals surface area contributed by atoms with Crippen molar-refractivity contribution < 1.29 is 8.42 Å². The molecule has 22 heavy (non-hydrogen) atoms. The minimum Gasteiger partial charge on any atom is -0.259 e. The third-order valence-electron chi connectivity index (χ3n) is 2.80. The van der Waals surface area contributed by atoms with Gasteiger partial charge in [0.1, 0.15) is 15.7 Å². The van der Waals surface area contributed by atoms with E-state index in [1.165, 1.54) is 18.0 Å². The fourth-order valence-corrected chi connectivity index (χ4v) is 4.04. The van der Waals surface area contributed by atoms with Crippen molar-refractivity contribution in [2.75, 3.05) is 17.8 Å². The standard InChI is InChI=1S/C15H19N3O2S2/c1-12(11-22(2,19)20)10-21-15-16-14(17-18-15)9-8-13-6-4-3-5-7-13/h3-9,12H,10-11H2,1-2H3,(H,16,17,18)/b9-8+. The quantitative estimate of drug-likeness (QED) is 0.786. The van der Waals surface area contributed by atoms with Gasteiger partial charge >= 0.3 is 0 Å². The number of hydrogen-bond donors (Lipinski definition) is 1. The molecule has 1 N–H and O–H groups in total. The molecule has 0 aliphatic heterocycles. The lowest BCUT2D eigenvalue weighted by Crippen LogP contribution is -2.13. The van der Waals surface area contributed by atoms with E-state index >= 15 is 0 Å². The summed E-state index contributed by atoms with van der Waals surface area (Å²) in [5.74, 6) is 1.61. The fourth-order valence-electron chi connectivity index (χ4n) is 1.92. The average molecular weight is 337 g/mol. The Morgan fingerprint density at radius 3 is 2.68 bits per heavy atom. The summed E-state index contributed by atoms with van der Waals surface area (Å²) in [6, 6.07) is 9.94. The maximum Gasteiger partial charge on any atom is 0.208 e. The molecule has 1 heterocycles. The third-order valence-corrected chi connectivity index (χ3v) is 5.15. The predicted octanol–water partition coefficient (Wildman–Crippen LogP) is 2.75. The molecule has 1 aromatic carbocycles. The van der Waals surface area contributed by atoms with Crippen molar-refractivity contribution in [1.82, 2.24) is 15.2 Å². The van der Waals surface area contributed by atoms with Crippen molar-refractivity contribution in [2.45, 2.75) is 12.1 Å². The first-order valence-electron chi connectivity index (χ1n) is 6.88. The van der Waals surface area contributed by atoms with Crippen molar-refractivity contribution in [3.63, 3.8) is 0 Å². The Labute approximate surface area is 135 Å². The van der Waals surface area contributed by atoms with Crippen molar-refractivity contribution in [3.8, 4) is 0 Å². The average Bonchev–Trinajstić information content (AvgIpc) is 2.90. The molecule has 2 rings (SSSR count). The highest BCUT2D eigenvalue weighted by atomic mass is 32.2. The number of thioether (sulfide) groups is 1. The van der Waals surface area contributed by atoms with E-state index in [1.807, 2.05) is 49.4 Å². The molecule has 0 aliphatic carbocycles. The van der Waals surface area contributed by atoms with Gasteiger partial charge in [0, 0.05) is 12.0 Å². The molecule has 0 bridgehead atoms. The van der Waals surface area contributed by atoms with Crippen LogP contribution >= 0.6 is 11.8 Å². The molecule has 1 atom stereocenters. The summed E-state index contributed by atoms with van der Waals surface area (Å²) < 4.78 is 22.4. The van der Waals surface area contributed by atoms with Gasteiger partial charge in [0.05, 0.1) is 5.75 Å². The van der Waals surface area contributed by atoms with Gasteiger partial charge in [-0.1, -0.05) is 55.1 Å². The molecule has 118 valence electrons. The highest BCUT2D eigenvalue weighted by molar-refractivity contribution is 7.99. The van der Waals surface area contributed by atoms with Crippen LogP contribution in [0.4, 0.5) is 0 Å². The summed E-state index contributed by atoms with van der Waals surface area (Å²) in [4.78, 5) is 4.35. The van der Waals surface area contributed by atoms with E-state index in [0.29, 0.717) is 16.7 Å². The largest absolute Gasteiger partial charge is 0.259 e. The zero-order chi connectivity index (χ0) is 16.0. The van der Waals surface area contributed by atoms with Gasteiger partial charge in [-0.2, -0.15) is 0 Å². The lowest BCUT2D eigenvalue weighted by molar-refractivity contribution is 0.589. The maximum absolute atomic E-state index is 11.2. The molecular formula is C15H19N3O2S2. The first kappa shape index (κ1) is 16.8.